The minimum Gasteiger partial charge on any atom is -0.520 e. The Morgan fingerprint density at radius 1 is 0.944 bits per heavy atom. The van der Waals surface area contributed by atoms with Crippen molar-refractivity contribution in [3.8, 4) is 0 Å². The molecule has 0 radical (unpaired) electrons. The normalized spacial score (nSPS) is 12.6. The van der Waals surface area contributed by atoms with E-state index in [4.69, 9.17) is 17.7 Å². The SMILES string of the molecule is CO[Si](CCCCC(=O)O[Si](C)(C)C)(OC)OC. The number of hydrogen-bond acceptors (Lipinski definition) is 5. The van der Waals surface area contributed by atoms with E-state index in [-0.39, 0.29) is 5.97 Å². The van der Waals surface area contributed by atoms with Crippen molar-refractivity contribution < 1.29 is 22.5 Å². The maximum absolute atomic E-state index is 11.5. The van der Waals surface area contributed by atoms with Crippen LogP contribution in [0.25, 0.3) is 0 Å². The monoisotopic (exact) mass is 294 g/mol. The molecule has 0 spiro atoms. The van der Waals surface area contributed by atoms with Gasteiger partial charge in [-0.25, -0.2) is 0 Å². The zero-order chi connectivity index (χ0) is 14.2. The number of unbranched alkanes of at least 4 members (excludes halogenated alkanes) is 1. The second-order valence-electron chi connectivity index (χ2n) is 5.09. The predicted octanol–water partition coefficient (Wildman–Crippen LogP) is 2.41. The summed E-state index contributed by atoms with van der Waals surface area (Å²) in [5.41, 5.74) is 0. The lowest BCUT2D eigenvalue weighted by molar-refractivity contribution is -0.135. The van der Waals surface area contributed by atoms with Crippen LogP contribution in [0.4, 0.5) is 0 Å². The Labute approximate surface area is 112 Å². The molecule has 0 saturated heterocycles. The fourth-order valence-corrected chi connectivity index (χ4v) is 4.14. The van der Waals surface area contributed by atoms with Crippen LogP contribution in [0.15, 0.2) is 0 Å². The van der Waals surface area contributed by atoms with Crippen molar-refractivity contribution in [1.29, 1.82) is 0 Å². The standard InChI is InChI=1S/C11H26O5Si2/c1-13-18(14-2,15-3)10-8-7-9-11(12)16-17(4,5)6/h7-10H2,1-6H3. The Morgan fingerprint density at radius 2 is 1.44 bits per heavy atom. The van der Waals surface area contributed by atoms with Crippen molar-refractivity contribution in [1.82, 2.24) is 0 Å². The van der Waals surface area contributed by atoms with E-state index in [0.717, 1.165) is 18.9 Å². The molecule has 0 atom stereocenters. The molecule has 0 unspecified atom stereocenters. The van der Waals surface area contributed by atoms with E-state index < -0.39 is 17.1 Å². The fourth-order valence-electron chi connectivity index (χ4n) is 1.56. The molecule has 0 aliphatic carbocycles. The van der Waals surface area contributed by atoms with Gasteiger partial charge >= 0.3 is 8.80 Å². The Hall–Kier alpha value is -0.216. The van der Waals surface area contributed by atoms with Crippen LogP contribution in [0.1, 0.15) is 19.3 Å². The molecule has 5 nitrogen and oxygen atoms in total. The van der Waals surface area contributed by atoms with Crippen LogP contribution in [0.2, 0.25) is 25.7 Å². The molecular formula is C11H26O5Si2. The van der Waals surface area contributed by atoms with E-state index in [2.05, 4.69) is 0 Å². The summed E-state index contributed by atoms with van der Waals surface area (Å²) in [7, 11) is 0.555. The first kappa shape index (κ1) is 17.8. The maximum atomic E-state index is 11.5. The number of hydrogen-bond donors (Lipinski definition) is 0. The highest BCUT2D eigenvalue weighted by Crippen LogP contribution is 2.17. The van der Waals surface area contributed by atoms with Crippen LogP contribution in [0, 0.1) is 0 Å². The third kappa shape index (κ3) is 7.27. The smallest absolute Gasteiger partial charge is 0.500 e. The zero-order valence-corrected chi connectivity index (χ0v) is 14.4. The van der Waals surface area contributed by atoms with Crippen LogP contribution in [-0.2, 0) is 22.5 Å². The summed E-state index contributed by atoms with van der Waals surface area (Å²) in [4.78, 5) is 11.5. The molecule has 0 amide bonds. The van der Waals surface area contributed by atoms with E-state index in [1.165, 1.54) is 0 Å². The predicted molar refractivity (Wildman–Crippen MR) is 74.9 cm³/mol. The maximum Gasteiger partial charge on any atom is 0.500 e. The minimum atomic E-state index is -2.48. The van der Waals surface area contributed by atoms with Gasteiger partial charge in [0.2, 0.25) is 8.32 Å². The molecular weight excluding hydrogens is 268 g/mol. The summed E-state index contributed by atoms with van der Waals surface area (Å²) in [5, 5.41) is 0. The van der Waals surface area contributed by atoms with Crippen molar-refractivity contribution in [2.75, 3.05) is 21.3 Å². The first-order valence-electron chi connectivity index (χ1n) is 6.16. The lowest BCUT2D eigenvalue weighted by Gasteiger charge is -2.24. The summed E-state index contributed by atoms with van der Waals surface area (Å²) in [6.45, 7) is 6.01. The Bertz CT molecular complexity index is 240. The molecule has 108 valence electrons. The second-order valence-corrected chi connectivity index (χ2v) is 12.6. The van der Waals surface area contributed by atoms with Crippen molar-refractivity contribution in [3.63, 3.8) is 0 Å². The van der Waals surface area contributed by atoms with Crippen LogP contribution in [0.5, 0.6) is 0 Å². The minimum absolute atomic E-state index is 0.103. The van der Waals surface area contributed by atoms with Crippen LogP contribution in [0.3, 0.4) is 0 Å². The molecule has 0 aliphatic rings. The lowest BCUT2D eigenvalue weighted by atomic mass is 10.2. The third-order valence-electron chi connectivity index (χ3n) is 2.47. The summed E-state index contributed by atoms with van der Waals surface area (Å²) < 4.78 is 21.3. The molecule has 7 heteroatoms. The van der Waals surface area contributed by atoms with Gasteiger partial charge in [-0.1, -0.05) is 0 Å². The topological polar surface area (TPSA) is 54.0 Å². The van der Waals surface area contributed by atoms with Gasteiger partial charge in [-0.3, -0.25) is 4.79 Å². The Balaban J connectivity index is 3.89. The molecule has 0 heterocycles. The zero-order valence-electron chi connectivity index (χ0n) is 12.4. The van der Waals surface area contributed by atoms with Gasteiger partial charge in [0.1, 0.15) is 0 Å². The number of rotatable bonds is 9. The molecule has 0 aliphatic heterocycles. The van der Waals surface area contributed by atoms with E-state index in [9.17, 15) is 4.79 Å². The second kappa shape index (κ2) is 8.05. The molecule has 0 aromatic carbocycles. The van der Waals surface area contributed by atoms with E-state index in [1.807, 2.05) is 19.6 Å². The molecule has 0 aromatic rings. The third-order valence-corrected chi connectivity index (χ3v) is 6.14. The van der Waals surface area contributed by atoms with Gasteiger partial charge in [-0.05, 0) is 32.5 Å². The van der Waals surface area contributed by atoms with Crippen LogP contribution < -0.4 is 0 Å². The quantitative estimate of drug-likeness (QED) is 0.483. The molecule has 0 rings (SSSR count). The average Bonchev–Trinajstić information content (AvgIpc) is 2.28. The molecule has 0 aromatic heterocycles. The molecule has 18 heavy (non-hydrogen) atoms. The number of carbonyl (C=O) groups excluding carboxylic acids is 1. The van der Waals surface area contributed by atoms with Crippen molar-refractivity contribution in [2.45, 2.75) is 44.9 Å². The van der Waals surface area contributed by atoms with Gasteiger partial charge in [0.25, 0.3) is 5.97 Å². The van der Waals surface area contributed by atoms with Gasteiger partial charge in [0.15, 0.2) is 0 Å². The summed E-state index contributed by atoms with van der Waals surface area (Å²) in [5.74, 6) is -0.103. The first-order chi connectivity index (χ1) is 8.28. The fraction of sp³-hybridized carbons (Fsp3) is 0.909. The van der Waals surface area contributed by atoms with E-state index >= 15 is 0 Å². The highest BCUT2D eigenvalue weighted by Gasteiger charge is 2.36. The highest BCUT2D eigenvalue weighted by molar-refractivity contribution is 6.71. The molecule has 0 N–H and O–H groups in total. The number of carbonyl (C=O) groups is 1. The summed E-state index contributed by atoms with van der Waals surface area (Å²) in [6.07, 6.45) is 2.06. The van der Waals surface area contributed by atoms with Crippen LogP contribution >= 0.6 is 0 Å². The molecule has 0 saturated carbocycles. The van der Waals surface area contributed by atoms with Gasteiger partial charge < -0.3 is 17.7 Å². The van der Waals surface area contributed by atoms with E-state index in [0.29, 0.717) is 6.42 Å². The summed E-state index contributed by atoms with van der Waals surface area (Å²) >= 11 is 0. The largest absolute Gasteiger partial charge is 0.520 e. The Morgan fingerprint density at radius 3 is 1.83 bits per heavy atom. The first-order valence-corrected chi connectivity index (χ1v) is 11.5. The van der Waals surface area contributed by atoms with Gasteiger partial charge in [-0.2, -0.15) is 0 Å². The lowest BCUT2D eigenvalue weighted by Crippen LogP contribution is -2.42. The van der Waals surface area contributed by atoms with Crippen LogP contribution in [-0.4, -0.2) is 44.4 Å². The van der Waals surface area contributed by atoms with Crippen molar-refractivity contribution >= 4 is 23.1 Å². The van der Waals surface area contributed by atoms with Gasteiger partial charge in [-0.15, -0.1) is 0 Å². The highest BCUT2D eigenvalue weighted by atomic mass is 28.4. The average molecular weight is 294 g/mol. The Kier molecular flexibility index (Phi) is 7.96. The summed E-state index contributed by atoms with van der Waals surface area (Å²) in [6, 6.07) is 0.719. The van der Waals surface area contributed by atoms with Crippen molar-refractivity contribution in [3.05, 3.63) is 0 Å². The molecule has 0 bridgehead atoms. The molecule has 0 fully saturated rings. The van der Waals surface area contributed by atoms with E-state index in [1.54, 1.807) is 21.3 Å². The van der Waals surface area contributed by atoms with Gasteiger partial charge in [0, 0.05) is 33.8 Å². The van der Waals surface area contributed by atoms with Crippen molar-refractivity contribution in [2.24, 2.45) is 0 Å². The van der Waals surface area contributed by atoms with Gasteiger partial charge in [0.05, 0.1) is 0 Å².